The van der Waals surface area contributed by atoms with Crippen molar-refractivity contribution in [2.75, 3.05) is 18.4 Å². The number of morpholine rings is 1. The van der Waals surface area contributed by atoms with Crippen molar-refractivity contribution in [1.82, 2.24) is 9.88 Å². The number of aryl methyl sites for hydroxylation is 1. The van der Waals surface area contributed by atoms with E-state index in [1.165, 1.54) is 0 Å². The van der Waals surface area contributed by atoms with Gasteiger partial charge in [0.05, 0.1) is 17.9 Å². The Labute approximate surface area is 111 Å². The first-order valence-corrected chi connectivity index (χ1v) is 7.16. The minimum Gasteiger partial charge on any atom is -0.372 e. The van der Waals surface area contributed by atoms with Crippen molar-refractivity contribution in [3.63, 3.8) is 0 Å². The molecule has 0 bridgehead atoms. The second kappa shape index (κ2) is 5.94. The van der Waals surface area contributed by atoms with Gasteiger partial charge in [0.25, 0.3) is 0 Å². The summed E-state index contributed by atoms with van der Waals surface area (Å²) in [5.41, 5.74) is 2.23. The summed E-state index contributed by atoms with van der Waals surface area (Å²) in [7, 11) is 0. The molecule has 0 radical (unpaired) electrons. The van der Waals surface area contributed by atoms with Crippen LogP contribution in [0.25, 0.3) is 0 Å². The highest BCUT2D eigenvalue weighted by atomic mass is 79.9. The number of hydrogen-bond acceptors (Lipinski definition) is 3. The summed E-state index contributed by atoms with van der Waals surface area (Å²) in [6, 6.07) is 6.20. The van der Waals surface area contributed by atoms with Crippen molar-refractivity contribution in [1.29, 1.82) is 0 Å². The molecule has 1 aliphatic heterocycles. The van der Waals surface area contributed by atoms with Gasteiger partial charge in [-0.1, -0.05) is 22.0 Å². The molecular weight excluding hydrogens is 280 g/mol. The molecule has 0 aliphatic carbocycles. The van der Waals surface area contributed by atoms with Gasteiger partial charge in [0.1, 0.15) is 0 Å². The highest BCUT2D eigenvalue weighted by Crippen LogP contribution is 2.15. The van der Waals surface area contributed by atoms with E-state index in [-0.39, 0.29) is 0 Å². The van der Waals surface area contributed by atoms with Crippen LogP contribution < -0.4 is 0 Å². The zero-order chi connectivity index (χ0) is 12.3. The smallest absolute Gasteiger partial charge is 0.0802 e. The number of alkyl halides is 1. The summed E-state index contributed by atoms with van der Waals surface area (Å²) >= 11 is 3.50. The van der Waals surface area contributed by atoms with Gasteiger partial charge in [-0.2, -0.15) is 0 Å². The normalized spacial score (nSPS) is 26.1. The number of aromatic nitrogens is 1. The Morgan fingerprint density at radius 1 is 1.47 bits per heavy atom. The van der Waals surface area contributed by atoms with E-state index in [9.17, 15) is 0 Å². The summed E-state index contributed by atoms with van der Waals surface area (Å²) in [6.45, 7) is 7.04. The third kappa shape index (κ3) is 3.76. The fraction of sp³-hybridized carbons (Fsp3) is 0.615. The van der Waals surface area contributed by atoms with Crippen LogP contribution in [0.1, 0.15) is 18.3 Å². The average Bonchev–Trinajstić information content (AvgIpc) is 2.28. The summed E-state index contributed by atoms with van der Waals surface area (Å²) < 4.78 is 5.82. The van der Waals surface area contributed by atoms with E-state index >= 15 is 0 Å². The van der Waals surface area contributed by atoms with Crippen LogP contribution in [0.4, 0.5) is 0 Å². The molecule has 2 unspecified atom stereocenters. The monoisotopic (exact) mass is 298 g/mol. The average molecular weight is 299 g/mol. The summed E-state index contributed by atoms with van der Waals surface area (Å²) in [6.07, 6.45) is 0.597. The molecule has 1 fully saturated rings. The van der Waals surface area contributed by atoms with E-state index in [1.54, 1.807) is 0 Å². The number of nitrogens with zero attached hydrogens (tertiary/aromatic N) is 2. The molecule has 17 heavy (non-hydrogen) atoms. The van der Waals surface area contributed by atoms with Gasteiger partial charge in [0.15, 0.2) is 0 Å². The molecular formula is C13H19BrN2O. The van der Waals surface area contributed by atoms with E-state index in [0.29, 0.717) is 12.2 Å². The molecule has 1 saturated heterocycles. The second-order valence-electron chi connectivity index (χ2n) is 4.69. The Hall–Kier alpha value is -0.450. The van der Waals surface area contributed by atoms with Crippen molar-refractivity contribution < 1.29 is 4.74 Å². The van der Waals surface area contributed by atoms with Crippen molar-refractivity contribution in [3.8, 4) is 0 Å². The van der Waals surface area contributed by atoms with Gasteiger partial charge < -0.3 is 4.74 Å². The lowest BCUT2D eigenvalue weighted by Crippen LogP contribution is -2.46. The van der Waals surface area contributed by atoms with Gasteiger partial charge in [0.2, 0.25) is 0 Å². The Bertz CT molecular complexity index is 372. The molecule has 0 amide bonds. The van der Waals surface area contributed by atoms with Gasteiger partial charge in [-0.15, -0.1) is 0 Å². The Kier molecular flexibility index (Phi) is 4.54. The maximum Gasteiger partial charge on any atom is 0.0802 e. The number of ether oxygens (including phenoxy) is 1. The molecule has 2 rings (SSSR count). The topological polar surface area (TPSA) is 25.4 Å². The van der Waals surface area contributed by atoms with Gasteiger partial charge >= 0.3 is 0 Å². The Balaban J connectivity index is 1.98. The quantitative estimate of drug-likeness (QED) is 0.801. The number of hydrogen-bond donors (Lipinski definition) is 0. The van der Waals surface area contributed by atoms with Crippen LogP contribution in [0.15, 0.2) is 18.2 Å². The zero-order valence-electron chi connectivity index (χ0n) is 10.4. The summed E-state index contributed by atoms with van der Waals surface area (Å²) in [5.74, 6) is 0. The molecule has 0 spiro atoms. The first kappa shape index (κ1) is 13.0. The Morgan fingerprint density at radius 3 is 3.00 bits per heavy atom. The lowest BCUT2D eigenvalue weighted by Gasteiger charge is -2.35. The Morgan fingerprint density at radius 2 is 2.29 bits per heavy atom. The molecule has 0 N–H and O–H groups in total. The van der Waals surface area contributed by atoms with Crippen LogP contribution in [0.3, 0.4) is 0 Å². The number of rotatable bonds is 3. The molecule has 0 aromatic carbocycles. The van der Waals surface area contributed by atoms with Crippen LogP contribution in [-0.4, -0.2) is 40.5 Å². The van der Waals surface area contributed by atoms with Gasteiger partial charge in [0, 0.05) is 30.7 Å². The highest BCUT2D eigenvalue weighted by Gasteiger charge is 2.24. The minimum atomic E-state index is 0.295. The van der Waals surface area contributed by atoms with Gasteiger partial charge in [-0.25, -0.2) is 0 Å². The molecule has 0 saturated carbocycles. The first-order valence-electron chi connectivity index (χ1n) is 6.03. The molecule has 94 valence electrons. The summed E-state index contributed by atoms with van der Waals surface area (Å²) in [4.78, 5) is 6.97. The molecule has 1 aromatic rings. The van der Waals surface area contributed by atoms with Gasteiger partial charge in [-0.05, 0) is 26.0 Å². The van der Waals surface area contributed by atoms with Crippen LogP contribution in [0.5, 0.6) is 0 Å². The molecule has 4 heteroatoms. The first-order chi connectivity index (χ1) is 8.17. The lowest BCUT2D eigenvalue weighted by atomic mass is 10.2. The van der Waals surface area contributed by atoms with Crippen molar-refractivity contribution in [2.45, 2.75) is 32.6 Å². The fourth-order valence-electron chi connectivity index (χ4n) is 2.27. The van der Waals surface area contributed by atoms with Crippen LogP contribution >= 0.6 is 15.9 Å². The minimum absolute atomic E-state index is 0.295. The van der Waals surface area contributed by atoms with E-state index in [0.717, 1.165) is 36.4 Å². The largest absolute Gasteiger partial charge is 0.372 e. The van der Waals surface area contributed by atoms with Crippen molar-refractivity contribution in [3.05, 3.63) is 29.6 Å². The van der Waals surface area contributed by atoms with Gasteiger partial charge in [-0.3, -0.25) is 9.88 Å². The van der Waals surface area contributed by atoms with Crippen molar-refractivity contribution >= 4 is 15.9 Å². The predicted molar refractivity (Wildman–Crippen MR) is 72.4 cm³/mol. The highest BCUT2D eigenvalue weighted by molar-refractivity contribution is 9.09. The van der Waals surface area contributed by atoms with Crippen LogP contribution in [0, 0.1) is 6.92 Å². The molecule has 1 aromatic heterocycles. The van der Waals surface area contributed by atoms with Crippen molar-refractivity contribution in [2.24, 2.45) is 0 Å². The lowest BCUT2D eigenvalue weighted by molar-refractivity contribution is -0.0680. The third-order valence-corrected chi connectivity index (χ3v) is 3.63. The fourth-order valence-corrected chi connectivity index (χ4v) is 2.63. The van der Waals surface area contributed by atoms with E-state index in [4.69, 9.17) is 4.74 Å². The van der Waals surface area contributed by atoms with E-state index in [1.807, 2.05) is 13.0 Å². The maximum atomic E-state index is 5.82. The number of pyridine rings is 1. The van der Waals surface area contributed by atoms with E-state index < -0.39 is 0 Å². The molecule has 3 nitrogen and oxygen atoms in total. The molecule has 2 heterocycles. The summed E-state index contributed by atoms with van der Waals surface area (Å²) in [5, 5.41) is 0.898. The molecule has 2 atom stereocenters. The second-order valence-corrected chi connectivity index (χ2v) is 5.33. The van der Waals surface area contributed by atoms with Crippen LogP contribution in [-0.2, 0) is 11.3 Å². The molecule has 1 aliphatic rings. The number of halogens is 1. The van der Waals surface area contributed by atoms with E-state index in [2.05, 4.69) is 44.9 Å². The maximum absolute atomic E-state index is 5.82. The third-order valence-electron chi connectivity index (χ3n) is 2.91. The standard InChI is InChI=1S/C13H19BrN2O/c1-10-4-3-5-12(15-10)8-16-7-11(2)17-13(6-14)9-16/h3-5,11,13H,6-9H2,1-2H3. The SMILES string of the molecule is Cc1cccc(CN2CC(C)OC(CBr)C2)n1. The predicted octanol–water partition coefficient (Wildman–Crippen LogP) is 2.37. The van der Waals surface area contributed by atoms with Crippen LogP contribution in [0.2, 0.25) is 0 Å². The zero-order valence-corrected chi connectivity index (χ0v) is 12.0.